The first-order chi connectivity index (χ1) is 16.9. The number of hydrogen-bond donors (Lipinski definition) is 1. The number of carbonyl (C=O) groups is 2. The molecular formula is C28H22BrNO5. The van der Waals surface area contributed by atoms with E-state index in [9.17, 15) is 9.59 Å². The lowest BCUT2D eigenvalue weighted by Crippen LogP contribution is -2.14. The van der Waals surface area contributed by atoms with Gasteiger partial charge in [0.15, 0.2) is 11.5 Å². The number of aryl methyl sites for hydroxylation is 2. The molecule has 0 fully saturated rings. The Kier molecular flexibility index (Phi) is 5.94. The standard InChI is InChI=1S/C28H22BrNO5/c1-4-16-9-11-22-19(13-16)15(2)26(34-22)28(32)30-24-18-7-5-6-8-21(18)35-27(24)25(31)17-10-12-23(33-3)20(29)14-17/h5-14H,4H2,1-3H3,(H,30,32). The maximum Gasteiger partial charge on any atom is 0.291 e. The molecule has 35 heavy (non-hydrogen) atoms. The first-order valence-electron chi connectivity index (χ1n) is 11.1. The van der Waals surface area contributed by atoms with Crippen LogP contribution in [0.4, 0.5) is 5.69 Å². The van der Waals surface area contributed by atoms with Gasteiger partial charge in [0.05, 0.1) is 17.3 Å². The maximum atomic E-state index is 13.5. The summed E-state index contributed by atoms with van der Waals surface area (Å²) in [5.74, 6) is 0.0241. The molecule has 1 N–H and O–H groups in total. The molecule has 0 radical (unpaired) electrons. The third-order valence-electron chi connectivity index (χ3n) is 6.07. The fourth-order valence-electron chi connectivity index (χ4n) is 4.14. The van der Waals surface area contributed by atoms with Gasteiger partial charge in [-0.05, 0) is 77.3 Å². The molecule has 0 saturated heterocycles. The van der Waals surface area contributed by atoms with Crippen molar-refractivity contribution in [3.05, 3.63) is 93.3 Å². The highest BCUT2D eigenvalue weighted by molar-refractivity contribution is 9.10. The summed E-state index contributed by atoms with van der Waals surface area (Å²) in [6.45, 7) is 3.93. The van der Waals surface area contributed by atoms with E-state index in [1.165, 1.54) is 0 Å². The SMILES string of the molecule is CCc1ccc2oc(C(=O)Nc3c(C(=O)c4ccc(OC)c(Br)c4)oc4ccccc34)c(C)c2c1. The Bertz CT molecular complexity index is 1610. The molecule has 1 amide bonds. The van der Waals surface area contributed by atoms with Crippen molar-refractivity contribution in [2.24, 2.45) is 0 Å². The van der Waals surface area contributed by atoms with Gasteiger partial charge in [0, 0.05) is 21.9 Å². The van der Waals surface area contributed by atoms with E-state index >= 15 is 0 Å². The van der Waals surface area contributed by atoms with Crippen molar-refractivity contribution >= 4 is 55.2 Å². The monoisotopic (exact) mass is 531 g/mol. The summed E-state index contributed by atoms with van der Waals surface area (Å²) in [4.78, 5) is 26.8. The van der Waals surface area contributed by atoms with Crippen molar-refractivity contribution in [2.75, 3.05) is 12.4 Å². The summed E-state index contributed by atoms with van der Waals surface area (Å²) in [7, 11) is 1.55. The summed E-state index contributed by atoms with van der Waals surface area (Å²) >= 11 is 3.42. The molecule has 0 atom stereocenters. The number of fused-ring (bicyclic) bond motifs is 2. The quantitative estimate of drug-likeness (QED) is 0.232. The molecule has 2 aromatic heterocycles. The smallest absolute Gasteiger partial charge is 0.291 e. The molecule has 0 unspecified atom stereocenters. The molecule has 0 bridgehead atoms. The number of furan rings is 2. The van der Waals surface area contributed by atoms with E-state index in [1.54, 1.807) is 37.4 Å². The second-order valence-corrected chi connectivity index (χ2v) is 9.03. The highest BCUT2D eigenvalue weighted by Crippen LogP contribution is 2.35. The van der Waals surface area contributed by atoms with Crippen molar-refractivity contribution in [3.63, 3.8) is 0 Å². The van der Waals surface area contributed by atoms with Crippen molar-refractivity contribution in [1.82, 2.24) is 0 Å². The Morgan fingerprint density at radius 1 is 0.943 bits per heavy atom. The van der Waals surface area contributed by atoms with Crippen LogP contribution in [0.1, 0.15) is 44.7 Å². The fraction of sp³-hybridized carbons (Fsp3) is 0.143. The highest BCUT2D eigenvalue weighted by Gasteiger charge is 2.26. The number of amides is 1. The Hall–Kier alpha value is -3.84. The van der Waals surface area contributed by atoms with E-state index in [-0.39, 0.29) is 17.3 Å². The van der Waals surface area contributed by atoms with E-state index < -0.39 is 5.91 Å². The minimum absolute atomic E-state index is 0.0404. The molecule has 176 valence electrons. The average molecular weight is 532 g/mol. The van der Waals surface area contributed by atoms with Gasteiger partial charge in [0.2, 0.25) is 5.78 Å². The summed E-state index contributed by atoms with van der Waals surface area (Å²) in [6, 6.07) is 18.1. The Morgan fingerprint density at radius 3 is 2.43 bits per heavy atom. The molecule has 0 spiro atoms. The van der Waals surface area contributed by atoms with Crippen LogP contribution in [-0.4, -0.2) is 18.8 Å². The van der Waals surface area contributed by atoms with Crippen LogP contribution in [0, 0.1) is 6.92 Å². The zero-order chi connectivity index (χ0) is 24.7. The van der Waals surface area contributed by atoms with Crippen molar-refractivity contribution < 1.29 is 23.2 Å². The molecule has 0 saturated carbocycles. The molecule has 7 heteroatoms. The maximum absolute atomic E-state index is 13.5. The predicted octanol–water partition coefficient (Wildman–Crippen LogP) is 7.30. The average Bonchev–Trinajstić information content (AvgIpc) is 3.41. The number of benzene rings is 3. The second kappa shape index (κ2) is 9.07. The van der Waals surface area contributed by atoms with E-state index in [4.69, 9.17) is 13.6 Å². The summed E-state index contributed by atoms with van der Waals surface area (Å²) in [5, 5.41) is 4.40. The number of para-hydroxylation sites is 1. The molecule has 6 nitrogen and oxygen atoms in total. The third-order valence-corrected chi connectivity index (χ3v) is 6.69. The van der Waals surface area contributed by atoms with Crippen LogP contribution in [0.25, 0.3) is 21.9 Å². The number of halogens is 1. The molecule has 0 aliphatic carbocycles. The van der Waals surface area contributed by atoms with Gasteiger partial charge in [-0.2, -0.15) is 0 Å². The number of carbonyl (C=O) groups excluding carboxylic acids is 2. The Morgan fingerprint density at radius 2 is 1.69 bits per heavy atom. The molecule has 5 aromatic rings. The van der Waals surface area contributed by atoms with Gasteiger partial charge < -0.3 is 18.9 Å². The van der Waals surface area contributed by atoms with Gasteiger partial charge in [0.1, 0.15) is 16.9 Å². The van der Waals surface area contributed by atoms with E-state index in [1.807, 2.05) is 37.3 Å². The number of anilines is 1. The van der Waals surface area contributed by atoms with Gasteiger partial charge in [-0.25, -0.2) is 0 Å². The van der Waals surface area contributed by atoms with Crippen molar-refractivity contribution in [1.29, 1.82) is 0 Å². The molecule has 5 rings (SSSR count). The van der Waals surface area contributed by atoms with E-state index in [2.05, 4.69) is 28.2 Å². The summed E-state index contributed by atoms with van der Waals surface area (Å²) in [6.07, 6.45) is 0.885. The van der Waals surface area contributed by atoms with Crippen molar-refractivity contribution in [3.8, 4) is 5.75 Å². The van der Waals surface area contributed by atoms with Crippen LogP contribution in [0.2, 0.25) is 0 Å². The number of nitrogens with one attached hydrogen (secondary N) is 1. The fourth-order valence-corrected chi connectivity index (χ4v) is 4.68. The Balaban J connectivity index is 1.57. The van der Waals surface area contributed by atoms with Crippen LogP contribution in [0.3, 0.4) is 0 Å². The van der Waals surface area contributed by atoms with Gasteiger partial charge in [-0.15, -0.1) is 0 Å². The largest absolute Gasteiger partial charge is 0.496 e. The zero-order valence-corrected chi connectivity index (χ0v) is 21.0. The first kappa shape index (κ1) is 22.9. The summed E-state index contributed by atoms with van der Waals surface area (Å²) in [5.41, 5.74) is 3.73. The third kappa shape index (κ3) is 4.02. The van der Waals surface area contributed by atoms with Gasteiger partial charge >= 0.3 is 0 Å². The molecule has 3 aromatic carbocycles. The lowest BCUT2D eigenvalue weighted by molar-refractivity contribution is 0.0997. The second-order valence-electron chi connectivity index (χ2n) is 8.18. The first-order valence-corrected chi connectivity index (χ1v) is 11.9. The van der Waals surface area contributed by atoms with Crippen LogP contribution >= 0.6 is 15.9 Å². The number of ether oxygens (including phenoxy) is 1. The van der Waals surface area contributed by atoms with E-state index in [0.717, 1.165) is 22.9 Å². The van der Waals surface area contributed by atoms with Crippen LogP contribution in [-0.2, 0) is 6.42 Å². The van der Waals surface area contributed by atoms with Gasteiger partial charge in [0.25, 0.3) is 5.91 Å². The van der Waals surface area contributed by atoms with Crippen LogP contribution in [0.5, 0.6) is 5.75 Å². The number of rotatable bonds is 6. The Labute approximate surface area is 210 Å². The van der Waals surface area contributed by atoms with Crippen molar-refractivity contribution in [2.45, 2.75) is 20.3 Å². The molecular weight excluding hydrogens is 510 g/mol. The number of ketones is 1. The van der Waals surface area contributed by atoms with Gasteiger partial charge in [-0.3, -0.25) is 9.59 Å². The number of methoxy groups -OCH3 is 1. The molecule has 2 heterocycles. The molecule has 0 aliphatic rings. The lowest BCUT2D eigenvalue weighted by atomic mass is 10.1. The minimum Gasteiger partial charge on any atom is -0.496 e. The minimum atomic E-state index is -0.451. The number of hydrogen-bond acceptors (Lipinski definition) is 5. The topological polar surface area (TPSA) is 81.7 Å². The zero-order valence-electron chi connectivity index (χ0n) is 19.4. The van der Waals surface area contributed by atoms with E-state index in [0.29, 0.717) is 38.0 Å². The molecule has 0 aliphatic heterocycles. The lowest BCUT2D eigenvalue weighted by Gasteiger charge is -2.07. The normalized spacial score (nSPS) is 11.2. The highest BCUT2D eigenvalue weighted by atomic mass is 79.9. The predicted molar refractivity (Wildman–Crippen MR) is 139 cm³/mol. The van der Waals surface area contributed by atoms with Gasteiger partial charge in [-0.1, -0.05) is 25.1 Å². The van der Waals surface area contributed by atoms with Crippen LogP contribution < -0.4 is 10.1 Å². The van der Waals surface area contributed by atoms with Crippen LogP contribution in [0.15, 0.2) is 74.0 Å². The summed E-state index contributed by atoms with van der Waals surface area (Å²) < 4.78 is 17.7.